The van der Waals surface area contributed by atoms with E-state index in [4.69, 9.17) is 9.84 Å². The van der Waals surface area contributed by atoms with Crippen LogP contribution in [0.25, 0.3) is 0 Å². The molecule has 6 nitrogen and oxygen atoms in total. The van der Waals surface area contributed by atoms with Gasteiger partial charge in [-0.3, -0.25) is 4.79 Å². The number of urea groups is 1. The highest BCUT2D eigenvalue weighted by Gasteiger charge is 2.27. The fraction of sp³-hybridized carbons (Fsp3) is 0.867. The highest BCUT2D eigenvalue weighted by Crippen LogP contribution is 2.28. The maximum absolute atomic E-state index is 12.0. The zero-order chi connectivity index (χ0) is 15.2. The number of carbonyl (C=O) groups is 2. The van der Waals surface area contributed by atoms with Gasteiger partial charge in [-0.2, -0.15) is 0 Å². The Morgan fingerprint density at radius 3 is 2.43 bits per heavy atom. The second-order valence-corrected chi connectivity index (χ2v) is 6.28. The number of ether oxygens (including phenoxy) is 1. The summed E-state index contributed by atoms with van der Waals surface area (Å²) in [4.78, 5) is 24.5. The molecule has 0 aliphatic heterocycles. The lowest BCUT2D eigenvalue weighted by Gasteiger charge is -2.28. The molecule has 2 fully saturated rings. The third kappa shape index (κ3) is 5.53. The zero-order valence-corrected chi connectivity index (χ0v) is 12.7. The van der Waals surface area contributed by atoms with E-state index in [0.717, 1.165) is 25.4 Å². The van der Waals surface area contributed by atoms with Gasteiger partial charge in [0.15, 0.2) is 0 Å². The van der Waals surface area contributed by atoms with Crippen LogP contribution in [-0.4, -0.2) is 54.9 Å². The van der Waals surface area contributed by atoms with Crippen molar-refractivity contribution in [1.29, 1.82) is 0 Å². The van der Waals surface area contributed by atoms with Crippen LogP contribution in [0.4, 0.5) is 4.79 Å². The Bertz CT molecular complexity index is 363. The fourth-order valence-electron chi connectivity index (χ4n) is 2.61. The molecule has 2 aliphatic carbocycles. The molecule has 2 rings (SSSR count). The number of rotatable bonds is 7. The van der Waals surface area contributed by atoms with E-state index < -0.39 is 5.97 Å². The lowest BCUT2D eigenvalue weighted by Crippen LogP contribution is -2.45. The van der Waals surface area contributed by atoms with Crippen molar-refractivity contribution in [3.8, 4) is 0 Å². The summed E-state index contributed by atoms with van der Waals surface area (Å²) < 4.78 is 5.52. The molecule has 0 atom stereocenters. The molecule has 0 bridgehead atoms. The Morgan fingerprint density at radius 1 is 1.19 bits per heavy atom. The normalized spacial score (nSPS) is 25.4. The van der Waals surface area contributed by atoms with E-state index in [2.05, 4.69) is 5.32 Å². The van der Waals surface area contributed by atoms with Crippen molar-refractivity contribution < 1.29 is 19.4 Å². The van der Waals surface area contributed by atoms with Crippen LogP contribution in [0, 0.1) is 11.8 Å². The standard InChI is InChI=1S/C15H26N2O4/c1-17(8-9-21-10-11-2-3-11)15(20)16-13-6-4-12(5-7-13)14(18)19/h11-13H,2-10H2,1H3,(H,16,20)(H,18,19). The van der Waals surface area contributed by atoms with Crippen LogP contribution in [-0.2, 0) is 9.53 Å². The summed E-state index contributed by atoms with van der Waals surface area (Å²) in [6, 6.07) is 0.00623. The first-order valence-electron chi connectivity index (χ1n) is 7.88. The van der Waals surface area contributed by atoms with Crippen LogP contribution in [0.5, 0.6) is 0 Å². The predicted molar refractivity (Wildman–Crippen MR) is 78.1 cm³/mol. The highest BCUT2D eigenvalue weighted by atomic mass is 16.5. The van der Waals surface area contributed by atoms with E-state index in [0.29, 0.717) is 26.0 Å². The van der Waals surface area contributed by atoms with E-state index in [1.807, 2.05) is 0 Å². The number of carboxylic acids is 1. The lowest BCUT2D eigenvalue weighted by atomic mass is 9.86. The third-order valence-corrected chi connectivity index (χ3v) is 4.37. The van der Waals surface area contributed by atoms with Gasteiger partial charge in [-0.15, -0.1) is 0 Å². The maximum atomic E-state index is 12.0. The van der Waals surface area contributed by atoms with Gasteiger partial charge in [-0.1, -0.05) is 0 Å². The van der Waals surface area contributed by atoms with E-state index in [1.165, 1.54) is 12.8 Å². The van der Waals surface area contributed by atoms with Crippen LogP contribution < -0.4 is 5.32 Å². The average Bonchev–Trinajstić information content (AvgIpc) is 3.28. The number of hydrogen-bond acceptors (Lipinski definition) is 3. The van der Waals surface area contributed by atoms with Gasteiger partial charge in [-0.25, -0.2) is 4.79 Å². The summed E-state index contributed by atoms with van der Waals surface area (Å²) in [6.45, 7) is 1.98. The van der Waals surface area contributed by atoms with Crippen molar-refractivity contribution in [3.63, 3.8) is 0 Å². The molecule has 0 heterocycles. The molecule has 2 amide bonds. The Hall–Kier alpha value is -1.30. The number of carbonyl (C=O) groups excluding carboxylic acids is 1. The molecule has 6 heteroatoms. The zero-order valence-electron chi connectivity index (χ0n) is 12.7. The van der Waals surface area contributed by atoms with Gasteiger partial charge in [0.1, 0.15) is 0 Å². The number of nitrogens with one attached hydrogen (secondary N) is 1. The molecule has 2 N–H and O–H groups in total. The van der Waals surface area contributed by atoms with Crippen LogP contribution in [0.3, 0.4) is 0 Å². The molecular weight excluding hydrogens is 272 g/mol. The first kappa shape index (κ1) is 16.1. The summed E-state index contributed by atoms with van der Waals surface area (Å²) >= 11 is 0. The molecule has 0 saturated heterocycles. The van der Waals surface area contributed by atoms with Gasteiger partial charge >= 0.3 is 12.0 Å². The molecule has 0 aromatic heterocycles. The molecule has 2 saturated carbocycles. The number of aliphatic carboxylic acids is 1. The van der Waals surface area contributed by atoms with Crippen LogP contribution in [0.15, 0.2) is 0 Å². The molecule has 0 spiro atoms. The Labute approximate surface area is 125 Å². The number of hydrogen-bond donors (Lipinski definition) is 2. The maximum Gasteiger partial charge on any atom is 0.317 e. The van der Waals surface area contributed by atoms with E-state index in [1.54, 1.807) is 11.9 Å². The number of nitrogens with zero attached hydrogens (tertiary/aromatic N) is 1. The van der Waals surface area contributed by atoms with Crippen molar-refractivity contribution >= 4 is 12.0 Å². The number of likely N-dealkylation sites (N-methyl/N-ethyl adjacent to an activating group) is 1. The molecule has 120 valence electrons. The van der Waals surface area contributed by atoms with Crippen molar-refractivity contribution in [2.24, 2.45) is 11.8 Å². The number of amides is 2. The molecule has 0 radical (unpaired) electrons. The highest BCUT2D eigenvalue weighted by molar-refractivity contribution is 5.74. The molecule has 0 aromatic rings. The molecule has 0 aromatic carbocycles. The fourth-order valence-corrected chi connectivity index (χ4v) is 2.61. The Morgan fingerprint density at radius 2 is 1.86 bits per heavy atom. The van der Waals surface area contributed by atoms with Gasteiger partial charge < -0.3 is 20.1 Å². The van der Waals surface area contributed by atoms with Gasteiger partial charge in [0.2, 0.25) is 0 Å². The van der Waals surface area contributed by atoms with E-state index in [-0.39, 0.29) is 18.0 Å². The summed E-state index contributed by atoms with van der Waals surface area (Å²) in [7, 11) is 1.76. The summed E-state index contributed by atoms with van der Waals surface area (Å²) in [5.74, 6) is -0.218. The van der Waals surface area contributed by atoms with Gasteiger partial charge in [0.25, 0.3) is 0 Å². The van der Waals surface area contributed by atoms with E-state index >= 15 is 0 Å². The molecular formula is C15H26N2O4. The minimum absolute atomic E-state index is 0.0937. The Balaban J connectivity index is 1.58. The molecule has 2 aliphatic rings. The van der Waals surface area contributed by atoms with E-state index in [9.17, 15) is 9.59 Å². The molecule has 21 heavy (non-hydrogen) atoms. The second kappa shape index (κ2) is 7.64. The molecule has 0 unspecified atom stereocenters. The van der Waals surface area contributed by atoms with Crippen molar-refractivity contribution in [2.45, 2.75) is 44.6 Å². The van der Waals surface area contributed by atoms with Crippen LogP contribution in [0.2, 0.25) is 0 Å². The smallest absolute Gasteiger partial charge is 0.317 e. The van der Waals surface area contributed by atoms with Crippen LogP contribution >= 0.6 is 0 Å². The summed E-state index contributed by atoms with van der Waals surface area (Å²) in [6.07, 6.45) is 5.33. The predicted octanol–water partition coefficient (Wildman–Crippen LogP) is 1.70. The van der Waals surface area contributed by atoms with Gasteiger partial charge in [0, 0.05) is 26.2 Å². The third-order valence-electron chi connectivity index (χ3n) is 4.37. The summed E-state index contributed by atoms with van der Waals surface area (Å²) in [5.41, 5.74) is 0. The summed E-state index contributed by atoms with van der Waals surface area (Å²) in [5, 5.41) is 11.9. The first-order valence-corrected chi connectivity index (χ1v) is 7.88. The van der Waals surface area contributed by atoms with Gasteiger partial charge in [0.05, 0.1) is 12.5 Å². The topological polar surface area (TPSA) is 78.9 Å². The largest absolute Gasteiger partial charge is 0.481 e. The number of carboxylic acid groups (broad SMARTS) is 1. The van der Waals surface area contributed by atoms with Crippen molar-refractivity contribution in [3.05, 3.63) is 0 Å². The van der Waals surface area contributed by atoms with Gasteiger partial charge in [-0.05, 0) is 44.4 Å². The Kier molecular flexibility index (Phi) is 5.85. The average molecular weight is 298 g/mol. The quantitative estimate of drug-likeness (QED) is 0.701. The lowest BCUT2D eigenvalue weighted by molar-refractivity contribution is -0.142. The monoisotopic (exact) mass is 298 g/mol. The minimum Gasteiger partial charge on any atom is -0.481 e. The second-order valence-electron chi connectivity index (χ2n) is 6.28. The van der Waals surface area contributed by atoms with Crippen LogP contribution in [0.1, 0.15) is 38.5 Å². The van der Waals surface area contributed by atoms with Crippen molar-refractivity contribution in [2.75, 3.05) is 26.8 Å². The first-order chi connectivity index (χ1) is 10.1. The SMILES string of the molecule is CN(CCOCC1CC1)C(=O)NC1CCC(C(=O)O)CC1. The minimum atomic E-state index is -0.718. The van der Waals surface area contributed by atoms with Crippen molar-refractivity contribution in [1.82, 2.24) is 10.2 Å².